The van der Waals surface area contributed by atoms with E-state index >= 15 is 0 Å². The van der Waals surface area contributed by atoms with E-state index in [4.69, 9.17) is 21.4 Å². The van der Waals surface area contributed by atoms with Gasteiger partial charge in [0.1, 0.15) is 5.75 Å². The minimum atomic E-state index is -1.10. The maximum absolute atomic E-state index is 12.6. The Hall–Kier alpha value is -4.70. The monoisotopic (exact) mass is 494 g/mol. The number of hydrogen-bond acceptors (Lipinski definition) is 6. The number of amides is 3. The van der Waals surface area contributed by atoms with Crippen molar-refractivity contribution in [3.63, 3.8) is 0 Å². The average Bonchev–Trinajstić information content (AvgIpc) is 2.85. The number of ether oxygens (including phenoxy) is 1. The normalized spacial score (nSPS) is 10.4. The number of para-hydroxylation sites is 1. The van der Waals surface area contributed by atoms with E-state index in [1.54, 1.807) is 48.5 Å². The molecule has 0 saturated carbocycles. The van der Waals surface area contributed by atoms with Gasteiger partial charge in [-0.3, -0.25) is 14.4 Å². The number of nitrogens with one attached hydrogen (secondary N) is 3. The fourth-order valence-corrected chi connectivity index (χ4v) is 2.84. The molecular formula is C24H19ClN4O6. The molecule has 0 aromatic heterocycles. The first-order valence-electron chi connectivity index (χ1n) is 10.1. The van der Waals surface area contributed by atoms with Crippen LogP contribution in [0.1, 0.15) is 15.9 Å². The van der Waals surface area contributed by atoms with Crippen molar-refractivity contribution >= 4 is 52.9 Å². The molecule has 3 rings (SSSR count). The van der Waals surface area contributed by atoms with Crippen LogP contribution in [0.25, 0.3) is 0 Å². The highest BCUT2D eigenvalue weighted by molar-refractivity contribution is 6.40. The number of aliphatic carboxylic acids is 1. The highest BCUT2D eigenvalue weighted by Crippen LogP contribution is 2.19. The number of halogens is 1. The zero-order chi connectivity index (χ0) is 25.2. The van der Waals surface area contributed by atoms with E-state index < -0.39 is 30.3 Å². The van der Waals surface area contributed by atoms with Crippen LogP contribution in [0, 0.1) is 0 Å². The Morgan fingerprint density at radius 3 is 2.26 bits per heavy atom. The Labute approximate surface area is 204 Å². The first kappa shape index (κ1) is 24.9. The van der Waals surface area contributed by atoms with Gasteiger partial charge in [-0.1, -0.05) is 23.7 Å². The van der Waals surface area contributed by atoms with E-state index in [2.05, 4.69) is 21.2 Å². The van der Waals surface area contributed by atoms with Crippen molar-refractivity contribution in [1.29, 1.82) is 0 Å². The van der Waals surface area contributed by atoms with Crippen molar-refractivity contribution in [3.05, 3.63) is 88.9 Å². The van der Waals surface area contributed by atoms with Crippen molar-refractivity contribution in [2.24, 2.45) is 5.10 Å². The Morgan fingerprint density at radius 2 is 1.57 bits per heavy atom. The van der Waals surface area contributed by atoms with Crippen LogP contribution in [-0.2, 0) is 14.4 Å². The molecule has 178 valence electrons. The number of nitrogens with zero attached hydrogens (tertiary/aromatic N) is 1. The van der Waals surface area contributed by atoms with E-state index in [0.717, 1.165) is 0 Å². The molecule has 10 nitrogen and oxygen atoms in total. The highest BCUT2D eigenvalue weighted by atomic mass is 35.5. The van der Waals surface area contributed by atoms with Gasteiger partial charge in [-0.15, -0.1) is 0 Å². The molecule has 0 saturated heterocycles. The van der Waals surface area contributed by atoms with Crippen molar-refractivity contribution in [1.82, 2.24) is 5.43 Å². The summed E-state index contributed by atoms with van der Waals surface area (Å²) in [4.78, 5) is 47.6. The topological polar surface area (TPSA) is 146 Å². The lowest BCUT2D eigenvalue weighted by Crippen LogP contribution is -2.33. The number of carboxylic acids is 1. The molecule has 0 aliphatic rings. The van der Waals surface area contributed by atoms with Gasteiger partial charge < -0.3 is 20.5 Å². The summed E-state index contributed by atoms with van der Waals surface area (Å²) in [7, 11) is 0. The number of carbonyl (C=O) groups excluding carboxylic acids is 3. The minimum Gasteiger partial charge on any atom is -0.482 e. The molecule has 3 aromatic carbocycles. The zero-order valence-corrected chi connectivity index (χ0v) is 18.8. The lowest BCUT2D eigenvalue weighted by molar-refractivity contribution is -0.139. The molecule has 3 amide bonds. The van der Waals surface area contributed by atoms with Gasteiger partial charge >= 0.3 is 17.8 Å². The first-order chi connectivity index (χ1) is 16.8. The maximum atomic E-state index is 12.6. The largest absolute Gasteiger partial charge is 0.482 e. The van der Waals surface area contributed by atoms with Gasteiger partial charge in [-0.2, -0.15) is 5.10 Å². The minimum absolute atomic E-state index is 0.139. The van der Waals surface area contributed by atoms with Gasteiger partial charge in [0.2, 0.25) is 0 Å². The molecule has 3 aromatic rings. The second-order valence-electron chi connectivity index (χ2n) is 6.91. The van der Waals surface area contributed by atoms with Crippen molar-refractivity contribution in [2.75, 3.05) is 17.2 Å². The van der Waals surface area contributed by atoms with Crippen LogP contribution in [0.2, 0.25) is 5.02 Å². The predicted molar refractivity (Wildman–Crippen MR) is 130 cm³/mol. The standard InChI is InChI=1S/C24H19ClN4O6/c25-16-7-9-17(10-8-16)27-22(32)19-3-1-2-4-20(19)28-23(33)24(34)29-26-13-15-5-11-18(12-6-15)35-14-21(30)31/h1-13H,14H2,(H,27,32)(H,28,33)(H,29,34)(H,30,31). The molecule has 0 aliphatic carbocycles. The Morgan fingerprint density at radius 1 is 0.886 bits per heavy atom. The number of hydrazone groups is 1. The van der Waals surface area contributed by atoms with Crippen LogP contribution in [-0.4, -0.2) is 41.6 Å². The van der Waals surface area contributed by atoms with Crippen LogP contribution >= 0.6 is 11.6 Å². The quantitative estimate of drug-likeness (QED) is 0.215. The van der Waals surface area contributed by atoms with E-state index in [9.17, 15) is 19.2 Å². The third-order valence-electron chi connectivity index (χ3n) is 4.35. The Bertz CT molecular complexity index is 1260. The van der Waals surface area contributed by atoms with Gasteiger partial charge in [0.25, 0.3) is 5.91 Å². The fraction of sp³-hybridized carbons (Fsp3) is 0.0417. The molecule has 4 N–H and O–H groups in total. The second-order valence-corrected chi connectivity index (χ2v) is 7.35. The molecule has 0 aliphatic heterocycles. The number of benzene rings is 3. The highest BCUT2D eigenvalue weighted by Gasteiger charge is 2.17. The number of carboxylic acid groups (broad SMARTS) is 1. The van der Waals surface area contributed by atoms with E-state index in [1.807, 2.05) is 0 Å². The van der Waals surface area contributed by atoms with Gasteiger partial charge in [-0.05, 0) is 66.2 Å². The number of rotatable bonds is 8. The molecule has 0 spiro atoms. The van der Waals surface area contributed by atoms with Crippen LogP contribution in [0.5, 0.6) is 5.75 Å². The summed E-state index contributed by atoms with van der Waals surface area (Å²) in [5, 5.41) is 17.9. The Balaban J connectivity index is 1.56. The van der Waals surface area contributed by atoms with Crippen molar-refractivity contribution in [3.8, 4) is 5.75 Å². The summed E-state index contributed by atoms with van der Waals surface area (Å²) in [5.41, 5.74) is 3.46. The van der Waals surface area contributed by atoms with Crippen LogP contribution in [0.3, 0.4) is 0 Å². The molecule has 35 heavy (non-hydrogen) atoms. The smallest absolute Gasteiger partial charge is 0.341 e. The summed E-state index contributed by atoms with van der Waals surface area (Å²) in [5.74, 6) is -3.30. The van der Waals surface area contributed by atoms with Gasteiger partial charge in [0.15, 0.2) is 6.61 Å². The van der Waals surface area contributed by atoms with Crippen LogP contribution in [0.15, 0.2) is 77.9 Å². The van der Waals surface area contributed by atoms with Crippen LogP contribution < -0.4 is 20.8 Å². The molecular weight excluding hydrogens is 476 g/mol. The third-order valence-corrected chi connectivity index (χ3v) is 4.60. The number of carbonyl (C=O) groups is 4. The number of hydrogen-bond donors (Lipinski definition) is 4. The van der Waals surface area contributed by atoms with Gasteiger partial charge in [0.05, 0.1) is 17.5 Å². The lowest BCUT2D eigenvalue weighted by atomic mass is 10.1. The summed E-state index contributed by atoms with van der Waals surface area (Å²) in [6.45, 7) is -0.468. The number of anilines is 2. The molecule has 0 fully saturated rings. The van der Waals surface area contributed by atoms with Crippen molar-refractivity contribution < 1.29 is 29.0 Å². The predicted octanol–water partition coefficient (Wildman–Crippen LogP) is 3.14. The van der Waals surface area contributed by atoms with Gasteiger partial charge in [0, 0.05) is 10.7 Å². The molecule has 0 heterocycles. The maximum Gasteiger partial charge on any atom is 0.341 e. The Kier molecular flexibility index (Phi) is 8.52. The summed E-state index contributed by atoms with van der Waals surface area (Å²) in [6, 6.07) is 18.9. The van der Waals surface area contributed by atoms with Crippen molar-refractivity contribution in [2.45, 2.75) is 0 Å². The lowest BCUT2D eigenvalue weighted by Gasteiger charge is -2.11. The molecule has 0 unspecified atom stereocenters. The molecule has 0 radical (unpaired) electrons. The summed E-state index contributed by atoms with van der Waals surface area (Å²) >= 11 is 5.84. The molecule has 11 heteroatoms. The third kappa shape index (κ3) is 7.69. The zero-order valence-electron chi connectivity index (χ0n) is 18.0. The van der Waals surface area contributed by atoms with E-state index in [1.165, 1.54) is 30.5 Å². The first-order valence-corrected chi connectivity index (χ1v) is 10.4. The molecule has 0 atom stereocenters. The summed E-state index contributed by atoms with van der Waals surface area (Å²) < 4.78 is 5.02. The SMILES string of the molecule is O=C(O)COc1ccc(C=NNC(=O)C(=O)Nc2ccccc2C(=O)Nc2ccc(Cl)cc2)cc1. The van der Waals surface area contributed by atoms with Gasteiger partial charge in [-0.25, -0.2) is 10.2 Å². The average molecular weight is 495 g/mol. The van der Waals surface area contributed by atoms with E-state index in [0.29, 0.717) is 22.0 Å². The molecule has 0 bridgehead atoms. The van der Waals surface area contributed by atoms with E-state index in [-0.39, 0.29) is 11.3 Å². The van der Waals surface area contributed by atoms with Crippen LogP contribution in [0.4, 0.5) is 11.4 Å². The fourth-order valence-electron chi connectivity index (χ4n) is 2.71. The summed E-state index contributed by atoms with van der Waals surface area (Å²) in [6.07, 6.45) is 1.29. The second kappa shape index (κ2) is 12.0.